The van der Waals surface area contributed by atoms with E-state index >= 15 is 0 Å². The van der Waals surface area contributed by atoms with Crippen LogP contribution in [0.1, 0.15) is 11.1 Å². The van der Waals surface area contributed by atoms with E-state index in [0.717, 1.165) is 15.6 Å². The molecule has 0 aliphatic rings. The second kappa shape index (κ2) is 7.27. The maximum Gasteiger partial charge on any atom is 0.244 e. The van der Waals surface area contributed by atoms with Gasteiger partial charge in [-0.05, 0) is 41.5 Å². The number of hydrogen-bond acceptors (Lipinski definition) is 1. The van der Waals surface area contributed by atoms with Crippen LogP contribution in [0.2, 0.25) is 5.02 Å². The summed E-state index contributed by atoms with van der Waals surface area (Å²) in [5.74, 6) is -0.125. The first-order valence-corrected chi connectivity index (χ1v) is 7.26. The van der Waals surface area contributed by atoms with E-state index in [1.54, 1.807) is 18.2 Å². The van der Waals surface area contributed by atoms with Gasteiger partial charge in [0.05, 0.1) is 0 Å². The number of benzene rings is 2. The van der Waals surface area contributed by atoms with Gasteiger partial charge < -0.3 is 5.32 Å². The summed E-state index contributed by atoms with van der Waals surface area (Å²) in [6.45, 7) is 0.503. The van der Waals surface area contributed by atoms with Crippen molar-refractivity contribution < 1.29 is 4.79 Å². The van der Waals surface area contributed by atoms with Gasteiger partial charge in [0, 0.05) is 22.1 Å². The summed E-state index contributed by atoms with van der Waals surface area (Å²) in [4.78, 5) is 11.7. The van der Waals surface area contributed by atoms with Crippen molar-refractivity contribution in [1.29, 1.82) is 0 Å². The quantitative estimate of drug-likeness (QED) is 0.812. The van der Waals surface area contributed by atoms with Crippen LogP contribution in [-0.2, 0) is 11.3 Å². The third-order valence-electron chi connectivity index (χ3n) is 2.65. The highest BCUT2D eigenvalue weighted by Gasteiger charge is 1.97. The minimum atomic E-state index is -0.125. The molecule has 2 aromatic carbocycles. The Hall–Kier alpha value is -1.58. The van der Waals surface area contributed by atoms with Crippen molar-refractivity contribution in [2.45, 2.75) is 6.54 Å². The Labute approximate surface area is 131 Å². The Kier molecular flexibility index (Phi) is 5.39. The Morgan fingerprint density at radius 1 is 1.20 bits per heavy atom. The molecule has 20 heavy (non-hydrogen) atoms. The van der Waals surface area contributed by atoms with Crippen LogP contribution in [-0.4, -0.2) is 5.91 Å². The standard InChI is InChI=1S/C16H13BrClNO/c17-14-3-1-2-13(10-14)11-19-16(20)9-6-12-4-7-15(18)8-5-12/h1-10H,11H2,(H,19,20)/b9-6+. The van der Waals surface area contributed by atoms with Crippen LogP contribution in [0.15, 0.2) is 59.1 Å². The molecule has 0 unspecified atom stereocenters. The number of amides is 1. The van der Waals surface area contributed by atoms with Gasteiger partial charge in [0.1, 0.15) is 0 Å². The lowest BCUT2D eigenvalue weighted by Crippen LogP contribution is -2.20. The molecule has 0 radical (unpaired) electrons. The van der Waals surface area contributed by atoms with E-state index in [2.05, 4.69) is 21.2 Å². The number of rotatable bonds is 4. The Balaban J connectivity index is 1.88. The minimum absolute atomic E-state index is 0.125. The Morgan fingerprint density at radius 2 is 1.95 bits per heavy atom. The summed E-state index contributed by atoms with van der Waals surface area (Å²) in [5.41, 5.74) is 1.99. The highest BCUT2D eigenvalue weighted by Crippen LogP contribution is 2.12. The fraction of sp³-hybridized carbons (Fsp3) is 0.0625. The van der Waals surface area contributed by atoms with Crippen molar-refractivity contribution in [2.24, 2.45) is 0 Å². The summed E-state index contributed by atoms with van der Waals surface area (Å²) in [6.07, 6.45) is 3.27. The molecule has 2 aromatic rings. The van der Waals surface area contributed by atoms with Crippen LogP contribution in [0, 0.1) is 0 Å². The number of hydrogen-bond donors (Lipinski definition) is 1. The maximum atomic E-state index is 11.7. The molecule has 0 saturated carbocycles. The van der Waals surface area contributed by atoms with Crippen LogP contribution in [0.25, 0.3) is 6.08 Å². The molecule has 0 spiro atoms. The van der Waals surface area contributed by atoms with Gasteiger partial charge in [0.15, 0.2) is 0 Å². The number of carbonyl (C=O) groups excluding carboxylic acids is 1. The first-order valence-electron chi connectivity index (χ1n) is 6.09. The van der Waals surface area contributed by atoms with Crippen LogP contribution < -0.4 is 5.32 Å². The van der Waals surface area contributed by atoms with E-state index in [1.165, 1.54) is 6.08 Å². The average molecular weight is 351 g/mol. The molecule has 102 valence electrons. The molecule has 0 atom stereocenters. The summed E-state index contributed by atoms with van der Waals surface area (Å²) in [5, 5.41) is 3.52. The van der Waals surface area contributed by atoms with E-state index < -0.39 is 0 Å². The second-order valence-corrected chi connectivity index (χ2v) is 5.58. The van der Waals surface area contributed by atoms with Gasteiger partial charge in [-0.15, -0.1) is 0 Å². The lowest BCUT2D eigenvalue weighted by molar-refractivity contribution is -0.116. The Morgan fingerprint density at radius 3 is 2.65 bits per heavy atom. The van der Waals surface area contributed by atoms with E-state index in [-0.39, 0.29) is 5.91 Å². The fourth-order valence-electron chi connectivity index (χ4n) is 1.64. The predicted molar refractivity (Wildman–Crippen MR) is 86.5 cm³/mol. The highest BCUT2D eigenvalue weighted by atomic mass is 79.9. The smallest absolute Gasteiger partial charge is 0.244 e. The van der Waals surface area contributed by atoms with Gasteiger partial charge in [-0.2, -0.15) is 0 Å². The van der Waals surface area contributed by atoms with Crippen molar-refractivity contribution in [3.8, 4) is 0 Å². The van der Waals surface area contributed by atoms with E-state index in [0.29, 0.717) is 11.6 Å². The maximum absolute atomic E-state index is 11.7. The molecular weight excluding hydrogens is 338 g/mol. The molecule has 1 amide bonds. The third-order valence-corrected chi connectivity index (χ3v) is 3.40. The topological polar surface area (TPSA) is 29.1 Å². The first-order chi connectivity index (χ1) is 9.63. The van der Waals surface area contributed by atoms with Gasteiger partial charge >= 0.3 is 0 Å². The molecule has 0 bridgehead atoms. The third kappa shape index (κ3) is 4.83. The lowest BCUT2D eigenvalue weighted by Gasteiger charge is -2.03. The molecule has 2 nitrogen and oxygen atoms in total. The average Bonchev–Trinajstić information content (AvgIpc) is 2.45. The SMILES string of the molecule is O=C(/C=C/c1ccc(Cl)cc1)NCc1cccc(Br)c1. The van der Waals surface area contributed by atoms with Gasteiger partial charge in [-0.25, -0.2) is 0 Å². The normalized spacial score (nSPS) is 10.7. The number of carbonyl (C=O) groups is 1. The molecule has 4 heteroatoms. The van der Waals surface area contributed by atoms with E-state index in [9.17, 15) is 4.79 Å². The zero-order valence-electron chi connectivity index (χ0n) is 10.6. The minimum Gasteiger partial charge on any atom is -0.348 e. The van der Waals surface area contributed by atoms with Crippen LogP contribution in [0.5, 0.6) is 0 Å². The molecule has 0 aliphatic heterocycles. The van der Waals surface area contributed by atoms with Crippen molar-refractivity contribution >= 4 is 39.5 Å². The molecule has 1 N–H and O–H groups in total. The highest BCUT2D eigenvalue weighted by molar-refractivity contribution is 9.10. The molecule has 2 rings (SSSR count). The number of nitrogens with one attached hydrogen (secondary N) is 1. The Bertz CT molecular complexity index is 623. The van der Waals surface area contributed by atoms with Crippen LogP contribution in [0.4, 0.5) is 0 Å². The van der Waals surface area contributed by atoms with Crippen molar-refractivity contribution in [2.75, 3.05) is 0 Å². The molecule has 0 aliphatic carbocycles. The summed E-state index contributed by atoms with van der Waals surface area (Å²) < 4.78 is 1.00. The van der Waals surface area contributed by atoms with Gasteiger partial charge in [-0.3, -0.25) is 4.79 Å². The molecular formula is C16H13BrClNO. The van der Waals surface area contributed by atoms with Crippen molar-refractivity contribution in [3.05, 3.63) is 75.2 Å². The second-order valence-electron chi connectivity index (χ2n) is 4.23. The lowest BCUT2D eigenvalue weighted by atomic mass is 10.2. The van der Waals surface area contributed by atoms with Crippen LogP contribution in [0.3, 0.4) is 0 Å². The molecule has 0 fully saturated rings. The molecule has 0 heterocycles. The van der Waals surface area contributed by atoms with Crippen molar-refractivity contribution in [3.63, 3.8) is 0 Å². The van der Waals surface area contributed by atoms with Gasteiger partial charge in [-0.1, -0.05) is 51.8 Å². The molecule has 0 aromatic heterocycles. The zero-order valence-corrected chi connectivity index (χ0v) is 13.0. The fourth-order valence-corrected chi connectivity index (χ4v) is 2.21. The molecule has 0 saturated heterocycles. The monoisotopic (exact) mass is 349 g/mol. The predicted octanol–water partition coefficient (Wildman–Crippen LogP) is 4.43. The first kappa shape index (κ1) is 14.8. The summed E-state index contributed by atoms with van der Waals surface area (Å²) >= 11 is 9.20. The van der Waals surface area contributed by atoms with Gasteiger partial charge in [0.25, 0.3) is 0 Å². The summed E-state index contributed by atoms with van der Waals surface area (Å²) in [7, 11) is 0. The van der Waals surface area contributed by atoms with E-state index in [1.807, 2.05) is 36.4 Å². The van der Waals surface area contributed by atoms with Gasteiger partial charge in [0.2, 0.25) is 5.91 Å². The largest absolute Gasteiger partial charge is 0.348 e. The summed E-state index contributed by atoms with van der Waals surface area (Å²) in [6, 6.07) is 15.1. The van der Waals surface area contributed by atoms with E-state index in [4.69, 9.17) is 11.6 Å². The van der Waals surface area contributed by atoms with Crippen molar-refractivity contribution in [1.82, 2.24) is 5.32 Å². The number of halogens is 2. The zero-order chi connectivity index (χ0) is 14.4. The van der Waals surface area contributed by atoms with Crippen LogP contribution >= 0.6 is 27.5 Å².